The Bertz CT molecular complexity index is 1490. The van der Waals surface area contributed by atoms with Crippen LogP contribution in [-0.2, 0) is 20.1 Å². The third kappa shape index (κ3) is 3.78. The number of fused-ring (bicyclic) bond motifs is 1. The standard InChI is InChI=1S/C23H25N9O2/c1-3-4-11-30-19-20(27-22(30)29-12-9-24-10-13-29)28(2)23(34)31(21(19)33)14-17-5-7-18(8-6-17)32-16-25-15-26-32/h5-8,15-16,24H,9-14H2,1-2H3. The maximum Gasteiger partial charge on any atom is 0.332 e. The third-order valence-electron chi connectivity index (χ3n) is 5.99. The van der Waals surface area contributed by atoms with E-state index < -0.39 is 5.69 Å². The van der Waals surface area contributed by atoms with Crippen LogP contribution >= 0.6 is 0 Å². The summed E-state index contributed by atoms with van der Waals surface area (Å²) in [6.07, 6.45) is 3.08. The Morgan fingerprint density at radius 2 is 1.85 bits per heavy atom. The van der Waals surface area contributed by atoms with E-state index in [2.05, 4.69) is 32.1 Å². The molecule has 11 nitrogen and oxygen atoms in total. The zero-order valence-corrected chi connectivity index (χ0v) is 19.1. The summed E-state index contributed by atoms with van der Waals surface area (Å²) in [5.74, 6) is 6.62. The minimum Gasteiger partial charge on any atom is -0.340 e. The molecule has 0 bridgehead atoms. The molecule has 0 spiro atoms. The molecule has 1 aliphatic heterocycles. The first-order chi connectivity index (χ1) is 16.6. The first kappa shape index (κ1) is 21.7. The smallest absolute Gasteiger partial charge is 0.332 e. The van der Waals surface area contributed by atoms with Crippen LogP contribution in [0, 0.1) is 11.8 Å². The molecule has 1 saturated heterocycles. The monoisotopic (exact) mass is 459 g/mol. The van der Waals surface area contributed by atoms with Crippen molar-refractivity contribution >= 4 is 17.1 Å². The number of aryl methyl sites for hydroxylation is 1. The van der Waals surface area contributed by atoms with Crippen LogP contribution in [0.15, 0.2) is 46.5 Å². The number of imidazole rings is 1. The maximum atomic E-state index is 13.6. The van der Waals surface area contributed by atoms with E-state index in [1.165, 1.54) is 15.5 Å². The van der Waals surface area contributed by atoms with Gasteiger partial charge in [-0.1, -0.05) is 18.1 Å². The molecule has 4 aromatic rings. The highest BCUT2D eigenvalue weighted by molar-refractivity contribution is 5.75. The second kappa shape index (κ2) is 8.99. The predicted molar refractivity (Wildman–Crippen MR) is 128 cm³/mol. The maximum absolute atomic E-state index is 13.6. The van der Waals surface area contributed by atoms with Crippen LogP contribution in [0.3, 0.4) is 0 Å². The molecular weight excluding hydrogens is 434 g/mol. The van der Waals surface area contributed by atoms with Crippen LogP contribution in [0.5, 0.6) is 0 Å². The number of benzene rings is 1. The van der Waals surface area contributed by atoms with Crippen molar-refractivity contribution in [2.75, 3.05) is 31.1 Å². The Morgan fingerprint density at radius 3 is 2.53 bits per heavy atom. The lowest BCUT2D eigenvalue weighted by Gasteiger charge is -2.28. The lowest BCUT2D eigenvalue weighted by atomic mass is 10.2. The highest BCUT2D eigenvalue weighted by Gasteiger charge is 2.24. The van der Waals surface area contributed by atoms with Crippen molar-refractivity contribution in [2.24, 2.45) is 7.05 Å². The Labute approximate surface area is 195 Å². The molecule has 0 atom stereocenters. The van der Waals surface area contributed by atoms with Gasteiger partial charge < -0.3 is 10.2 Å². The molecule has 0 saturated carbocycles. The number of rotatable bonds is 5. The summed E-state index contributed by atoms with van der Waals surface area (Å²) >= 11 is 0. The lowest BCUT2D eigenvalue weighted by molar-refractivity contribution is 0.572. The van der Waals surface area contributed by atoms with Crippen LogP contribution in [0.4, 0.5) is 5.95 Å². The highest BCUT2D eigenvalue weighted by atomic mass is 16.2. The zero-order valence-electron chi connectivity index (χ0n) is 19.1. The average molecular weight is 460 g/mol. The molecule has 5 rings (SSSR count). The topological polar surface area (TPSA) is 108 Å². The number of nitrogens with zero attached hydrogens (tertiary/aromatic N) is 8. The summed E-state index contributed by atoms with van der Waals surface area (Å²) in [5.41, 5.74) is 1.65. The number of hydrogen-bond acceptors (Lipinski definition) is 7. The van der Waals surface area contributed by atoms with Gasteiger partial charge in [0.25, 0.3) is 5.56 Å². The Morgan fingerprint density at radius 1 is 1.09 bits per heavy atom. The van der Waals surface area contributed by atoms with Gasteiger partial charge in [-0.3, -0.25) is 18.5 Å². The van der Waals surface area contributed by atoms with Gasteiger partial charge in [0.15, 0.2) is 11.2 Å². The van der Waals surface area contributed by atoms with E-state index in [-0.39, 0.29) is 12.1 Å². The molecular formula is C23H25N9O2. The minimum atomic E-state index is -0.407. The largest absolute Gasteiger partial charge is 0.340 e. The van der Waals surface area contributed by atoms with Gasteiger partial charge in [0, 0.05) is 33.2 Å². The molecule has 1 fully saturated rings. The van der Waals surface area contributed by atoms with Crippen molar-refractivity contribution in [3.63, 3.8) is 0 Å². The first-order valence-corrected chi connectivity index (χ1v) is 11.1. The molecule has 174 valence electrons. The zero-order chi connectivity index (χ0) is 23.7. The fourth-order valence-corrected chi connectivity index (χ4v) is 4.19. The fourth-order valence-electron chi connectivity index (χ4n) is 4.19. The molecule has 34 heavy (non-hydrogen) atoms. The quantitative estimate of drug-likeness (QED) is 0.417. The first-order valence-electron chi connectivity index (χ1n) is 11.1. The van der Waals surface area contributed by atoms with Crippen molar-refractivity contribution in [3.05, 3.63) is 63.3 Å². The SMILES string of the molecule is CC#CCn1c(N2CCNCC2)nc2c1c(=O)n(Cc1ccc(-n3cncn3)cc1)c(=O)n2C. The van der Waals surface area contributed by atoms with Crippen molar-refractivity contribution < 1.29 is 0 Å². The number of piperazine rings is 1. The van der Waals surface area contributed by atoms with Gasteiger partial charge in [0.2, 0.25) is 5.95 Å². The molecule has 11 heteroatoms. The third-order valence-corrected chi connectivity index (χ3v) is 5.99. The molecule has 0 aliphatic carbocycles. The second-order valence-electron chi connectivity index (χ2n) is 8.07. The van der Waals surface area contributed by atoms with E-state index in [1.807, 2.05) is 28.8 Å². The van der Waals surface area contributed by atoms with Gasteiger partial charge in [-0.25, -0.2) is 14.5 Å². The van der Waals surface area contributed by atoms with E-state index in [1.54, 1.807) is 25.0 Å². The van der Waals surface area contributed by atoms with Gasteiger partial charge in [-0.05, 0) is 24.6 Å². The normalized spacial score (nSPS) is 13.8. The average Bonchev–Trinajstić information content (AvgIpc) is 3.54. The van der Waals surface area contributed by atoms with Crippen LogP contribution in [0.2, 0.25) is 0 Å². The van der Waals surface area contributed by atoms with Crippen molar-refractivity contribution in [1.29, 1.82) is 0 Å². The van der Waals surface area contributed by atoms with Gasteiger partial charge in [0.05, 0.1) is 18.8 Å². The summed E-state index contributed by atoms with van der Waals surface area (Å²) in [4.78, 5) is 37.6. The van der Waals surface area contributed by atoms with Crippen LogP contribution in [0.1, 0.15) is 12.5 Å². The van der Waals surface area contributed by atoms with Crippen LogP contribution in [-0.4, -0.2) is 59.6 Å². The lowest BCUT2D eigenvalue weighted by Crippen LogP contribution is -2.44. The number of aromatic nitrogens is 7. The van der Waals surface area contributed by atoms with Gasteiger partial charge >= 0.3 is 5.69 Å². The molecule has 1 aliphatic rings. The van der Waals surface area contributed by atoms with Gasteiger partial charge in [0.1, 0.15) is 12.7 Å². The molecule has 0 radical (unpaired) electrons. The Balaban J connectivity index is 1.60. The summed E-state index contributed by atoms with van der Waals surface area (Å²) < 4.78 is 6.18. The van der Waals surface area contributed by atoms with Crippen molar-refractivity contribution in [3.8, 4) is 17.5 Å². The van der Waals surface area contributed by atoms with E-state index >= 15 is 0 Å². The molecule has 0 unspecified atom stereocenters. The fraction of sp³-hybridized carbons (Fsp3) is 0.348. The molecule has 3 aromatic heterocycles. The van der Waals surface area contributed by atoms with E-state index in [0.717, 1.165) is 37.4 Å². The second-order valence-corrected chi connectivity index (χ2v) is 8.07. The van der Waals surface area contributed by atoms with Crippen molar-refractivity contribution in [2.45, 2.75) is 20.0 Å². The minimum absolute atomic E-state index is 0.146. The van der Waals surface area contributed by atoms with Crippen LogP contribution in [0.25, 0.3) is 16.9 Å². The predicted octanol–water partition coefficient (Wildman–Crippen LogP) is -0.0414. The van der Waals surface area contributed by atoms with Crippen molar-refractivity contribution in [1.82, 2.24) is 38.8 Å². The molecule has 4 heterocycles. The van der Waals surface area contributed by atoms with E-state index in [4.69, 9.17) is 4.98 Å². The van der Waals surface area contributed by atoms with E-state index in [9.17, 15) is 9.59 Å². The van der Waals surface area contributed by atoms with Gasteiger partial charge in [-0.2, -0.15) is 10.1 Å². The number of hydrogen-bond donors (Lipinski definition) is 1. The summed E-state index contributed by atoms with van der Waals surface area (Å²) in [6, 6.07) is 7.50. The Hall–Kier alpha value is -4.17. The summed E-state index contributed by atoms with van der Waals surface area (Å²) in [5, 5.41) is 7.44. The molecule has 1 N–H and O–H groups in total. The Kier molecular flexibility index (Phi) is 5.73. The summed E-state index contributed by atoms with van der Waals surface area (Å²) in [7, 11) is 1.65. The molecule has 0 amide bonds. The van der Waals surface area contributed by atoms with Crippen LogP contribution < -0.4 is 21.5 Å². The summed E-state index contributed by atoms with van der Waals surface area (Å²) in [6.45, 7) is 5.43. The number of anilines is 1. The highest BCUT2D eigenvalue weighted by Crippen LogP contribution is 2.20. The van der Waals surface area contributed by atoms with Gasteiger partial charge in [-0.15, -0.1) is 5.92 Å². The van der Waals surface area contributed by atoms with E-state index in [0.29, 0.717) is 23.7 Å². The number of nitrogens with one attached hydrogen (secondary N) is 1. The molecule has 1 aromatic carbocycles.